The summed E-state index contributed by atoms with van der Waals surface area (Å²) < 4.78 is 0. The molecule has 0 amide bonds. The molecule has 2 aromatic heterocycles. The highest BCUT2D eigenvalue weighted by molar-refractivity contribution is 5.30. The second-order valence-corrected chi connectivity index (χ2v) is 7.37. The molecule has 24 heavy (non-hydrogen) atoms. The highest BCUT2D eigenvalue weighted by atomic mass is 14.6. The first-order chi connectivity index (χ1) is 11.3. The van der Waals surface area contributed by atoms with Crippen molar-refractivity contribution in [3.05, 3.63) is 58.7 Å². The lowest BCUT2D eigenvalue weighted by Gasteiger charge is -2.10. The molecule has 0 spiro atoms. The smallest absolute Gasteiger partial charge is 0.0375 e. The van der Waals surface area contributed by atoms with Gasteiger partial charge >= 0.3 is 0 Å². The Balaban J connectivity index is 0.000000240. The van der Waals surface area contributed by atoms with Crippen LogP contribution in [0.4, 0.5) is 0 Å². The van der Waals surface area contributed by atoms with Crippen LogP contribution in [0.5, 0.6) is 0 Å². The van der Waals surface area contributed by atoms with E-state index in [0.29, 0.717) is 0 Å². The molecule has 0 N–H and O–H groups in total. The van der Waals surface area contributed by atoms with E-state index in [0.717, 1.165) is 17.5 Å². The van der Waals surface area contributed by atoms with Gasteiger partial charge in [-0.2, -0.15) is 0 Å². The van der Waals surface area contributed by atoms with E-state index in [1.54, 1.807) is 0 Å². The van der Waals surface area contributed by atoms with E-state index < -0.39 is 0 Å². The predicted molar refractivity (Wildman–Crippen MR) is 104 cm³/mol. The van der Waals surface area contributed by atoms with Gasteiger partial charge in [0.15, 0.2) is 0 Å². The molecule has 2 nitrogen and oxygen atoms in total. The van der Waals surface area contributed by atoms with Crippen molar-refractivity contribution in [2.75, 3.05) is 0 Å². The Hall–Kier alpha value is -1.70. The van der Waals surface area contributed by atoms with Crippen LogP contribution in [-0.4, -0.2) is 9.97 Å². The number of nitrogens with zero attached hydrogens (tertiary/aromatic N) is 2. The molecule has 2 rings (SSSR count). The fraction of sp³-hybridized carbons (Fsp3) is 0.545. The Bertz CT molecular complexity index is 597. The highest BCUT2D eigenvalue weighted by Crippen LogP contribution is 2.15. The van der Waals surface area contributed by atoms with E-state index in [2.05, 4.69) is 63.6 Å². The molecule has 132 valence electrons. The monoisotopic (exact) mass is 326 g/mol. The van der Waals surface area contributed by atoms with E-state index in [9.17, 15) is 0 Å². The van der Waals surface area contributed by atoms with Crippen LogP contribution in [0.15, 0.2) is 30.7 Å². The van der Waals surface area contributed by atoms with E-state index >= 15 is 0 Å². The standard InChI is InChI=1S/2C11H17N/c1-8(2)5-11-9(3)6-12-7-10(11)4;1-4-9(2)7-11-5-6-12-10(3)8-11/h6-8H,5H2,1-4H3;5-6,8-9H,4,7H2,1-3H3. The van der Waals surface area contributed by atoms with Crippen molar-refractivity contribution in [3.8, 4) is 0 Å². The van der Waals surface area contributed by atoms with Crippen LogP contribution in [0.3, 0.4) is 0 Å². The second-order valence-electron chi connectivity index (χ2n) is 7.37. The van der Waals surface area contributed by atoms with Gasteiger partial charge < -0.3 is 0 Å². The number of aryl methyl sites for hydroxylation is 3. The quantitative estimate of drug-likeness (QED) is 0.686. The summed E-state index contributed by atoms with van der Waals surface area (Å²) in [4.78, 5) is 8.32. The first-order valence-corrected chi connectivity index (χ1v) is 9.15. The summed E-state index contributed by atoms with van der Waals surface area (Å²) in [6, 6.07) is 4.28. The van der Waals surface area contributed by atoms with Crippen molar-refractivity contribution in [1.29, 1.82) is 0 Å². The summed E-state index contributed by atoms with van der Waals surface area (Å²) in [5.41, 5.74) is 6.65. The molecule has 0 bridgehead atoms. The molecule has 0 radical (unpaired) electrons. The molecule has 0 aliphatic heterocycles. The number of hydrogen-bond acceptors (Lipinski definition) is 2. The van der Waals surface area contributed by atoms with Gasteiger partial charge in [0, 0.05) is 24.3 Å². The van der Waals surface area contributed by atoms with Gasteiger partial charge in [-0.25, -0.2) is 0 Å². The zero-order chi connectivity index (χ0) is 18.1. The maximum atomic E-state index is 4.17. The molecule has 1 unspecified atom stereocenters. The largest absolute Gasteiger partial charge is 0.264 e. The van der Waals surface area contributed by atoms with Gasteiger partial charge in [0.2, 0.25) is 0 Å². The summed E-state index contributed by atoms with van der Waals surface area (Å²) in [5.74, 6) is 1.51. The van der Waals surface area contributed by atoms with Gasteiger partial charge in [0.25, 0.3) is 0 Å². The number of hydrogen-bond donors (Lipinski definition) is 0. The van der Waals surface area contributed by atoms with Gasteiger partial charge in [-0.05, 0) is 79.8 Å². The molecule has 2 heteroatoms. The van der Waals surface area contributed by atoms with Crippen molar-refractivity contribution < 1.29 is 0 Å². The molecule has 2 aromatic rings. The van der Waals surface area contributed by atoms with Crippen LogP contribution in [0.25, 0.3) is 0 Å². The van der Waals surface area contributed by atoms with Crippen molar-refractivity contribution in [2.24, 2.45) is 11.8 Å². The Morgan fingerprint density at radius 2 is 1.58 bits per heavy atom. The summed E-state index contributed by atoms with van der Waals surface area (Å²) in [7, 11) is 0. The van der Waals surface area contributed by atoms with Gasteiger partial charge in [0.05, 0.1) is 0 Å². The number of pyridine rings is 2. The number of rotatable bonds is 5. The second kappa shape index (κ2) is 10.2. The third-order valence-corrected chi connectivity index (χ3v) is 4.34. The summed E-state index contributed by atoms with van der Waals surface area (Å²) in [6.45, 7) is 15.3. The molecule has 1 atom stereocenters. The average Bonchev–Trinajstić information content (AvgIpc) is 2.51. The normalized spacial score (nSPS) is 11.8. The van der Waals surface area contributed by atoms with Crippen molar-refractivity contribution in [2.45, 2.75) is 67.7 Å². The lowest BCUT2D eigenvalue weighted by Crippen LogP contribution is -2.00. The highest BCUT2D eigenvalue weighted by Gasteiger charge is 2.04. The minimum absolute atomic E-state index is 0.727. The minimum Gasteiger partial charge on any atom is -0.264 e. The molecular formula is C22H34N2. The summed E-state index contributed by atoms with van der Waals surface area (Å²) >= 11 is 0. The molecule has 0 fully saturated rings. The van der Waals surface area contributed by atoms with E-state index in [1.165, 1.54) is 41.5 Å². The molecule has 2 heterocycles. The Labute approximate surface area is 148 Å². The fourth-order valence-electron chi connectivity index (χ4n) is 2.74. The third-order valence-electron chi connectivity index (χ3n) is 4.34. The van der Waals surface area contributed by atoms with Gasteiger partial charge in [-0.1, -0.05) is 34.1 Å². The van der Waals surface area contributed by atoms with Crippen LogP contribution < -0.4 is 0 Å². The van der Waals surface area contributed by atoms with Crippen LogP contribution in [0.2, 0.25) is 0 Å². The van der Waals surface area contributed by atoms with Gasteiger partial charge in [0.1, 0.15) is 0 Å². The van der Waals surface area contributed by atoms with Crippen molar-refractivity contribution >= 4 is 0 Å². The molecule has 0 aliphatic carbocycles. The molecule has 0 aliphatic rings. The predicted octanol–water partition coefficient (Wildman–Crippen LogP) is 5.88. The maximum Gasteiger partial charge on any atom is 0.0375 e. The van der Waals surface area contributed by atoms with E-state index in [1.807, 2.05) is 25.5 Å². The van der Waals surface area contributed by atoms with Gasteiger partial charge in [-0.15, -0.1) is 0 Å². The molecule has 0 aromatic carbocycles. The van der Waals surface area contributed by atoms with Crippen LogP contribution in [-0.2, 0) is 12.8 Å². The van der Waals surface area contributed by atoms with E-state index in [-0.39, 0.29) is 0 Å². The van der Waals surface area contributed by atoms with Gasteiger partial charge in [-0.3, -0.25) is 9.97 Å². The maximum absolute atomic E-state index is 4.17. The first-order valence-electron chi connectivity index (χ1n) is 9.15. The summed E-state index contributed by atoms with van der Waals surface area (Å²) in [5, 5.41) is 0. The van der Waals surface area contributed by atoms with E-state index in [4.69, 9.17) is 0 Å². The zero-order valence-electron chi connectivity index (χ0n) is 16.6. The molecule has 0 saturated heterocycles. The SMILES string of the molecule is CCC(C)Cc1ccnc(C)c1.Cc1cncc(C)c1CC(C)C. The zero-order valence-corrected chi connectivity index (χ0v) is 16.6. The topological polar surface area (TPSA) is 25.8 Å². The van der Waals surface area contributed by atoms with Crippen LogP contribution in [0.1, 0.15) is 62.1 Å². The summed E-state index contributed by atoms with van der Waals surface area (Å²) in [6.07, 6.45) is 9.39. The lowest BCUT2D eigenvalue weighted by atomic mass is 9.97. The Kier molecular flexibility index (Phi) is 8.67. The third kappa shape index (κ3) is 7.25. The fourth-order valence-corrected chi connectivity index (χ4v) is 2.74. The first kappa shape index (κ1) is 20.3. The van der Waals surface area contributed by atoms with Crippen LogP contribution in [0, 0.1) is 32.6 Å². The van der Waals surface area contributed by atoms with Crippen LogP contribution >= 0.6 is 0 Å². The van der Waals surface area contributed by atoms with Crippen molar-refractivity contribution in [1.82, 2.24) is 9.97 Å². The molecular weight excluding hydrogens is 292 g/mol. The van der Waals surface area contributed by atoms with Crippen molar-refractivity contribution in [3.63, 3.8) is 0 Å². The lowest BCUT2D eigenvalue weighted by molar-refractivity contribution is 0.560. The minimum atomic E-state index is 0.727. The Morgan fingerprint density at radius 3 is 2.08 bits per heavy atom. The Morgan fingerprint density at radius 1 is 0.958 bits per heavy atom. The average molecular weight is 327 g/mol. The molecule has 0 saturated carbocycles. The number of aromatic nitrogens is 2.